The van der Waals surface area contributed by atoms with Crippen LogP contribution in [-0.4, -0.2) is 60.8 Å². The van der Waals surface area contributed by atoms with Gasteiger partial charge in [0, 0.05) is 13.0 Å². The number of carboxylic acid groups (broad SMARTS) is 1. The first kappa shape index (κ1) is 16.3. The molecule has 0 aliphatic heterocycles. The number of hydrogen-bond acceptors (Lipinski definition) is 5. The molecular weight excluding hydrogens is 242 g/mol. The second-order valence-corrected chi connectivity index (χ2v) is 3.60. The molecule has 0 aromatic carbocycles. The minimum Gasteiger partial charge on any atom is -0.481 e. The Labute approximate surface area is 105 Å². The van der Waals surface area contributed by atoms with Crippen molar-refractivity contribution in [2.45, 2.75) is 18.9 Å². The fourth-order valence-corrected chi connectivity index (χ4v) is 1.24. The van der Waals surface area contributed by atoms with Gasteiger partial charge in [-0.25, -0.2) is 0 Å². The maximum atomic E-state index is 11.6. The summed E-state index contributed by atoms with van der Waals surface area (Å²) in [6.07, 6.45) is -0.223. The van der Waals surface area contributed by atoms with Gasteiger partial charge < -0.3 is 26.2 Å². The summed E-state index contributed by atoms with van der Waals surface area (Å²) in [4.78, 5) is 33.4. The Hall–Kier alpha value is -1.67. The van der Waals surface area contributed by atoms with Gasteiger partial charge >= 0.3 is 5.97 Å². The van der Waals surface area contributed by atoms with Gasteiger partial charge in [0.2, 0.25) is 11.8 Å². The molecular formula is C10H19N3O5. The minimum atomic E-state index is -1.04. The highest BCUT2D eigenvalue weighted by Crippen LogP contribution is 1.98. The van der Waals surface area contributed by atoms with Crippen LogP contribution in [0.1, 0.15) is 12.8 Å². The third kappa shape index (κ3) is 7.58. The highest BCUT2D eigenvalue weighted by atomic mass is 16.4. The number of aliphatic hydroxyl groups is 1. The summed E-state index contributed by atoms with van der Waals surface area (Å²) >= 11 is 0. The quantitative estimate of drug-likeness (QED) is 0.316. The van der Waals surface area contributed by atoms with Crippen molar-refractivity contribution in [2.75, 3.05) is 26.7 Å². The van der Waals surface area contributed by atoms with E-state index in [4.69, 9.17) is 10.2 Å². The van der Waals surface area contributed by atoms with Crippen LogP contribution in [0.15, 0.2) is 0 Å². The molecule has 5 N–H and O–H groups in total. The fourth-order valence-electron chi connectivity index (χ4n) is 1.24. The van der Waals surface area contributed by atoms with Crippen molar-refractivity contribution in [1.82, 2.24) is 16.0 Å². The first-order valence-electron chi connectivity index (χ1n) is 5.55. The number of amides is 2. The van der Waals surface area contributed by atoms with E-state index >= 15 is 0 Å². The molecule has 0 rings (SSSR count). The van der Waals surface area contributed by atoms with Crippen LogP contribution in [0.2, 0.25) is 0 Å². The molecule has 0 aliphatic rings. The lowest BCUT2D eigenvalue weighted by atomic mass is 10.1. The summed E-state index contributed by atoms with van der Waals surface area (Å²) in [6, 6.07) is -0.909. The maximum Gasteiger partial charge on any atom is 0.303 e. The van der Waals surface area contributed by atoms with E-state index in [-0.39, 0.29) is 32.5 Å². The molecule has 1 atom stereocenters. The van der Waals surface area contributed by atoms with E-state index in [0.717, 1.165) is 0 Å². The Kier molecular flexibility index (Phi) is 8.50. The van der Waals surface area contributed by atoms with Crippen LogP contribution in [0.3, 0.4) is 0 Å². The molecule has 0 saturated heterocycles. The monoisotopic (exact) mass is 261 g/mol. The fraction of sp³-hybridized carbons (Fsp3) is 0.700. The third-order valence-electron chi connectivity index (χ3n) is 2.05. The zero-order valence-corrected chi connectivity index (χ0v) is 10.2. The molecule has 0 aliphatic carbocycles. The number of likely N-dealkylation sites (N-methyl/N-ethyl adjacent to an activating group) is 1. The third-order valence-corrected chi connectivity index (χ3v) is 2.05. The lowest BCUT2D eigenvalue weighted by Crippen LogP contribution is -2.49. The summed E-state index contributed by atoms with van der Waals surface area (Å²) in [5, 5.41) is 24.6. The number of hydrogen-bond donors (Lipinski definition) is 5. The molecule has 1 unspecified atom stereocenters. The van der Waals surface area contributed by atoms with Crippen molar-refractivity contribution in [3.8, 4) is 0 Å². The molecule has 8 nitrogen and oxygen atoms in total. The molecule has 8 heteroatoms. The number of nitrogens with one attached hydrogen (secondary N) is 3. The van der Waals surface area contributed by atoms with Gasteiger partial charge in [0.15, 0.2) is 0 Å². The predicted molar refractivity (Wildman–Crippen MR) is 62.8 cm³/mol. The SMILES string of the molecule is CNCC(=O)NC(CCC(=O)O)C(=O)NCCO. The van der Waals surface area contributed by atoms with Gasteiger partial charge in [0.1, 0.15) is 6.04 Å². The molecule has 0 saturated carbocycles. The van der Waals surface area contributed by atoms with Gasteiger partial charge in [-0.05, 0) is 13.5 Å². The van der Waals surface area contributed by atoms with E-state index in [2.05, 4.69) is 16.0 Å². The molecule has 104 valence electrons. The van der Waals surface area contributed by atoms with E-state index in [0.29, 0.717) is 0 Å². The van der Waals surface area contributed by atoms with E-state index in [1.807, 2.05) is 0 Å². The van der Waals surface area contributed by atoms with Crippen molar-refractivity contribution in [3.05, 3.63) is 0 Å². The normalized spacial score (nSPS) is 11.7. The number of carbonyl (C=O) groups is 3. The largest absolute Gasteiger partial charge is 0.481 e. The number of aliphatic hydroxyl groups excluding tert-OH is 1. The van der Waals surface area contributed by atoms with Crippen molar-refractivity contribution < 1.29 is 24.6 Å². The van der Waals surface area contributed by atoms with Gasteiger partial charge in [-0.1, -0.05) is 0 Å². The topological polar surface area (TPSA) is 128 Å². The standard InChI is InChI=1S/C10H19N3O5/c1-11-6-8(15)13-7(2-3-9(16)17)10(18)12-4-5-14/h7,11,14H,2-6H2,1H3,(H,12,18)(H,13,15)(H,16,17). The first-order valence-corrected chi connectivity index (χ1v) is 5.55. The molecule has 0 heterocycles. The zero-order chi connectivity index (χ0) is 14.0. The molecule has 2 amide bonds. The van der Waals surface area contributed by atoms with Crippen molar-refractivity contribution in [1.29, 1.82) is 0 Å². The van der Waals surface area contributed by atoms with Gasteiger partial charge in [-0.3, -0.25) is 14.4 Å². The number of carbonyl (C=O) groups excluding carboxylic acids is 2. The number of aliphatic carboxylic acids is 1. The number of carboxylic acids is 1. The van der Waals surface area contributed by atoms with Crippen molar-refractivity contribution >= 4 is 17.8 Å². The van der Waals surface area contributed by atoms with E-state index in [1.54, 1.807) is 7.05 Å². The van der Waals surface area contributed by atoms with Crippen LogP contribution in [0.5, 0.6) is 0 Å². The van der Waals surface area contributed by atoms with Gasteiger partial charge in [-0.15, -0.1) is 0 Å². The molecule has 0 aromatic heterocycles. The van der Waals surface area contributed by atoms with Gasteiger partial charge in [-0.2, -0.15) is 0 Å². The second-order valence-electron chi connectivity index (χ2n) is 3.60. The predicted octanol–water partition coefficient (Wildman–Crippen LogP) is -2.34. The summed E-state index contributed by atoms with van der Waals surface area (Å²) < 4.78 is 0. The average molecular weight is 261 g/mol. The number of rotatable bonds is 9. The summed E-state index contributed by atoms with van der Waals surface area (Å²) in [7, 11) is 1.58. The Balaban J connectivity index is 4.35. The van der Waals surface area contributed by atoms with E-state index < -0.39 is 23.8 Å². The minimum absolute atomic E-state index is 0.00203. The summed E-state index contributed by atoms with van der Waals surface area (Å²) in [6.45, 7) is -0.122. The van der Waals surface area contributed by atoms with Crippen LogP contribution in [0, 0.1) is 0 Å². The van der Waals surface area contributed by atoms with E-state index in [1.165, 1.54) is 0 Å². The summed E-state index contributed by atoms with van der Waals surface area (Å²) in [5.74, 6) is -1.94. The van der Waals surface area contributed by atoms with Crippen LogP contribution in [0.25, 0.3) is 0 Å². The van der Waals surface area contributed by atoms with E-state index in [9.17, 15) is 14.4 Å². The highest BCUT2D eigenvalue weighted by molar-refractivity contribution is 5.88. The Morgan fingerprint density at radius 2 is 1.94 bits per heavy atom. The van der Waals surface area contributed by atoms with Crippen LogP contribution >= 0.6 is 0 Å². The molecule has 0 fully saturated rings. The molecule has 0 aromatic rings. The van der Waals surface area contributed by atoms with Crippen LogP contribution in [-0.2, 0) is 14.4 Å². The maximum absolute atomic E-state index is 11.6. The average Bonchev–Trinajstić information content (AvgIpc) is 2.31. The Morgan fingerprint density at radius 1 is 1.28 bits per heavy atom. The highest BCUT2D eigenvalue weighted by Gasteiger charge is 2.20. The zero-order valence-electron chi connectivity index (χ0n) is 10.2. The molecule has 0 spiro atoms. The first-order chi connectivity index (χ1) is 8.51. The lowest BCUT2D eigenvalue weighted by Gasteiger charge is -2.17. The van der Waals surface area contributed by atoms with Crippen LogP contribution < -0.4 is 16.0 Å². The second kappa shape index (κ2) is 9.37. The molecule has 18 heavy (non-hydrogen) atoms. The Morgan fingerprint density at radius 3 is 2.44 bits per heavy atom. The summed E-state index contributed by atoms with van der Waals surface area (Å²) in [5.41, 5.74) is 0. The van der Waals surface area contributed by atoms with Crippen LogP contribution in [0.4, 0.5) is 0 Å². The lowest BCUT2D eigenvalue weighted by molar-refractivity contribution is -0.137. The Bertz CT molecular complexity index is 295. The van der Waals surface area contributed by atoms with Gasteiger partial charge in [0.25, 0.3) is 0 Å². The molecule has 0 radical (unpaired) electrons. The van der Waals surface area contributed by atoms with Gasteiger partial charge in [0.05, 0.1) is 13.2 Å². The van der Waals surface area contributed by atoms with Crippen molar-refractivity contribution in [2.24, 2.45) is 0 Å². The smallest absolute Gasteiger partial charge is 0.303 e. The molecule has 0 bridgehead atoms. The van der Waals surface area contributed by atoms with Crippen molar-refractivity contribution in [3.63, 3.8) is 0 Å².